The molecule has 0 aliphatic carbocycles. The van der Waals surface area contributed by atoms with Crippen LogP contribution in [0.4, 0.5) is 0 Å². The molecule has 2 N–H and O–H groups in total. The van der Waals surface area contributed by atoms with Crippen LogP contribution in [-0.4, -0.2) is 19.3 Å². The SMILES string of the molecule is CCOc1ccc(OCC)c(C(CC)CCC(C)N)c1. The van der Waals surface area contributed by atoms with Gasteiger partial charge < -0.3 is 15.2 Å². The Morgan fingerprint density at radius 1 is 1.05 bits per heavy atom. The summed E-state index contributed by atoms with van der Waals surface area (Å²) >= 11 is 0. The molecule has 3 heteroatoms. The molecule has 20 heavy (non-hydrogen) atoms. The molecule has 1 rings (SSSR count). The van der Waals surface area contributed by atoms with Crippen molar-refractivity contribution in [1.82, 2.24) is 0 Å². The molecule has 0 saturated heterocycles. The number of benzene rings is 1. The van der Waals surface area contributed by atoms with Gasteiger partial charge in [0.25, 0.3) is 0 Å². The zero-order valence-electron chi connectivity index (χ0n) is 13.3. The molecule has 2 atom stereocenters. The Kier molecular flexibility index (Phi) is 7.45. The van der Waals surface area contributed by atoms with Crippen molar-refractivity contribution < 1.29 is 9.47 Å². The minimum Gasteiger partial charge on any atom is -0.494 e. The van der Waals surface area contributed by atoms with Crippen molar-refractivity contribution in [1.29, 1.82) is 0 Å². The summed E-state index contributed by atoms with van der Waals surface area (Å²) in [5, 5.41) is 0. The molecule has 0 bridgehead atoms. The summed E-state index contributed by atoms with van der Waals surface area (Å²) < 4.78 is 11.4. The fourth-order valence-electron chi connectivity index (χ4n) is 2.43. The molecule has 0 aromatic heterocycles. The minimum atomic E-state index is 0.245. The molecule has 0 spiro atoms. The van der Waals surface area contributed by atoms with E-state index < -0.39 is 0 Å². The van der Waals surface area contributed by atoms with Crippen molar-refractivity contribution in [2.45, 2.75) is 58.9 Å². The predicted octanol–water partition coefficient (Wildman–Crippen LogP) is 4.11. The summed E-state index contributed by atoms with van der Waals surface area (Å²) in [5.41, 5.74) is 7.14. The van der Waals surface area contributed by atoms with Crippen LogP contribution >= 0.6 is 0 Å². The average molecular weight is 279 g/mol. The number of nitrogens with two attached hydrogens (primary N) is 1. The molecular formula is C17H29NO2. The van der Waals surface area contributed by atoms with E-state index in [1.54, 1.807) is 0 Å². The highest BCUT2D eigenvalue weighted by atomic mass is 16.5. The molecule has 0 amide bonds. The van der Waals surface area contributed by atoms with Gasteiger partial charge in [0.05, 0.1) is 13.2 Å². The van der Waals surface area contributed by atoms with Crippen LogP contribution in [0.15, 0.2) is 18.2 Å². The fraction of sp³-hybridized carbons (Fsp3) is 0.647. The van der Waals surface area contributed by atoms with Crippen molar-refractivity contribution in [2.24, 2.45) is 5.73 Å². The summed E-state index contributed by atoms with van der Waals surface area (Å²) in [6.07, 6.45) is 3.20. The van der Waals surface area contributed by atoms with Crippen LogP contribution < -0.4 is 15.2 Å². The van der Waals surface area contributed by atoms with Gasteiger partial charge in [-0.2, -0.15) is 0 Å². The zero-order valence-corrected chi connectivity index (χ0v) is 13.3. The van der Waals surface area contributed by atoms with Crippen LogP contribution in [0.3, 0.4) is 0 Å². The summed E-state index contributed by atoms with van der Waals surface area (Å²) in [5.74, 6) is 2.38. The molecular weight excluding hydrogens is 250 g/mol. The quantitative estimate of drug-likeness (QED) is 0.740. The Morgan fingerprint density at radius 3 is 2.30 bits per heavy atom. The number of rotatable bonds is 9. The Labute approximate surface area is 123 Å². The number of ether oxygens (including phenoxy) is 2. The minimum absolute atomic E-state index is 0.245. The maximum Gasteiger partial charge on any atom is 0.123 e. The third kappa shape index (κ3) is 5.04. The van der Waals surface area contributed by atoms with Crippen molar-refractivity contribution in [3.8, 4) is 11.5 Å². The lowest BCUT2D eigenvalue weighted by Crippen LogP contribution is -2.16. The number of hydrogen-bond donors (Lipinski definition) is 1. The first kappa shape index (κ1) is 16.8. The van der Waals surface area contributed by atoms with Gasteiger partial charge in [-0.3, -0.25) is 0 Å². The molecule has 1 aromatic carbocycles. The molecule has 3 nitrogen and oxygen atoms in total. The molecule has 0 heterocycles. The van der Waals surface area contributed by atoms with Crippen molar-refractivity contribution in [2.75, 3.05) is 13.2 Å². The molecule has 0 saturated carbocycles. The molecule has 1 aromatic rings. The lowest BCUT2D eigenvalue weighted by Gasteiger charge is -2.21. The first-order chi connectivity index (χ1) is 9.62. The first-order valence-electron chi connectivity index (χ1n) is 7.77. The highest BCUT2D eigenvalue weighted by molar-refractivity contribution is 5.42. The number of hydrogen-bond acceptors (Lipinski definition) is 3. The van der Waals surface area contributed by atoms with Gasteiger partial charge in [-0.25, -0.2) is 0 Å². The van der Waals surface area contributed by atoms with E-state index in [0.29, 0.717) is 19.1 Å². The maximum absolute atomic E-state index is 5.89. The first-order valence-corrected chi connectivity index (χ1v) is 7.77. The van der Waals surface area contributed by atoms with Gasteiger partial charge in [-0.15, -0.1) is 0 Å². The normalized spacial score (nSPS) is 13.8. The van der Waals surface area contributed by atoms with E-state index in [-0.39, 0.29) is 6.04 Å². The summed E-state index contributed by atoms with van der Waals surface area (Å²) in [6, 6.07) is 6.38. The molecule has 114 valence electrons. The standard InChI is InChI=1S/C17H29NO2/c1-5-14(9-8-13(4)18)16-12-15(19-6-2)10-11-17(16)20-7-3/h10-14H,5-9,18H2,1-4H3. The summed E-state index contributed by atoms with van der Waals surface area (Å²) in [7, 11) is 0. The van der Waals surface area contributed by atoms with E-state index in [4.69, 9.17) is 15.2 Å². The summed E-state index contributed by atoms with van der Waals surface area (Å²) in [6.45, 7) is 9.67. The molecule has 2 unspecified atom stereocenters. The zero-order chi connectivity index (χ0) is 15.0. The van der Waals surface area contributed by atoms with Gasteiger partial charge in [0.2, 0.25) is 0 Å². The monoisotopic (exact) mass is 279 g/mol. The van der Waals surface area contributed by atoms with E-state index in [0.717, 1.165) is 30.8 Å². The van der Waals surface area contributed by atoms with Crippen molar-refractivity contribution >= 4 is 0 Å². The van der Waals surface area contributed by atoms with E-state index in [1.807, 2.05) is 26.0 Å². The second-order valence-corrected chi connectivity index (χ2v) is 5.23. The van der Waals surface area contributed by atoms with Crippen LogP contribution in [0.2, 0.25) is 0 Å². The molecule has 0 aliphatic heterocycles. The highest BCUT2D eigenvalue weighted by Gasteiger charge is 2.16. The third-order valence-electron chi connectivity index (χ3n) is 3.50. The van der Waals surface area contributed by atoms with Crippen LogP contribution in [-0.2, 0) is 0 Å². The Hall–Kier alpha value is -1.22. The fourth-order valence-corrected chi connectivity index (χ4v) is 2.43. The smallest absolute Gasteiger partial charge is 0.123 e. The molecule has 0 fully saturated rings. The Bertz CT molecular complexity index is 391. The lowest BCUT2D eigenvalue weighted by molar-refractivity contribution is 0.323. The van der Waals surface area contributed by atoms with Crippen molar-refractivity contribution in [3.63, 3.8) is 0 Å². The second kappa shape index (κ2) is 8.85. The van der Waals surface area contributed by atoms with Crippen LogP contribution in [0, 0.1) is 0 Å². The Morgan fingerprint density at radius 2 is 1.75 bits per heavy atom. The van der Waals surface area contributed by atoms with E-state index >= 15 is 0 Å². The van der Waals surface area contributed by atoms with E-state index in [9.17, 15) is 0 Å². The largest absolute Gasteiger partial charge is 0.494 e. The van der Waals surface area contributed by atoms with Gasteiger partial charge in [0, 0.05) is 11.6 Å². The van der Waals surface area contributed by atoms with Gasteiger partial charge in [0.1, 0.15) is 11.5 Å². The second-order valence-electron chi connectivity index (χ2n) is 5.23. The van der Waals surface area contributed by atoms with Crippen LogP contribution in [0.25, 0.3) is 0 Å². The van der Waals surface area contributed by atoms with Gasteiger partial charge in [-0.1, -0.05) is 6.92 Å². The lowest BCUT2D eigenvalue weighted by atomic mass is 9.90. The Balaban J connectivity index is 2.98. The van der Waals surface area contributed by atoms with Gasteiger partial charge in [0.15, 0.2) is 0 Å². The highest BCUT2D eigenvalue weighted by Crippen LogP contribution is 2.35. The van der Waals surface area contributed by atoms with Crippen LogP contribution in [0.1, 0.15) is 58.4 Å². The van der Waals surface area contributed by atoms with Gasteiger partial charge in [-0.05, 0) is 64.2 Å². The van der Waals surface area contributed by atoms with Crippen molar-refractivity contribution in [3.05, 3.63) is 23.8 Å². The predicted molar refractivity (Wildman–Crippen MR) is 84.7 cm³/mol. The topological polar surface area (TPSA) is 44.5 Å². The summed E-state index contributed by atoms with van der Waals surface area (Å²) in [4.78, 5) is 0. The average Bonchev–Trinajstić information content (AvgIpc) is 2.42. The molecule has 0 aliphatic rings. The van der Waals surface area contributed by atoms with Gasteiger partial charge >= 0.3 is 0 Å². The van der Waals surface area contributed by atoms with Crippen LogP contribution in [0.5, 0.6) is 11.5 Å². The maximum atomic E-state index is 5.89. The van der Waals surface area contributed by atoms with E-state index in [2.05, 4.69) is 19.9 Å². The third-order valence-corrected chi connectivity index (χ3v) is 3.50. The van der Waals surface area contributed by atoms with E-state index in [1.165, 1.54) is 5.56 Å². The molecule has 0 radical (unpaired) electrons.